The van der Waals surface area contributed by atoms with Gasteiger partial charge in [-0.05, 0) is 49.8 Å². The topological polar surface area (TPSA) is 46.6 Å². The number of esters is 1. The molecule has 3 rings (SSSR count). The number of methoxy groups -OCH3 is 1. The maximum absolute atomic E-state index is 14.2. The predicted molar refractivity (Wildman–Crippen MR) is 103 cm³/mol. The van der Waals surface area contributed by atoms with E-state index in [1.54, 1.807) is 13.0 Å². The molecule has 1 aliphatic rings. The largest absolute Gasteiger partial charge is 0.465 e. The van der Waals surface area contributed by atoms with Crippen LogP contribution in [0.3, 0.4) is 0 Å². The predicted octanol–water partition coefficient (Wildman–Crippen LogP) is 4.66. The van der Waals surface area contributed by atoms with Gasteiger partial charge in [0.25, 0.3) is 5.91 Å². The molecule has 0 atom stereocenters. The molecule has 0 radical (unpaired) electrons. The molecule has 0 aromatic heterocycles. The summed E-state index contributed by atoms with van der Waals surface area (Å²) < 4.78 is 19.1. The number of halogens is 2. The minimum Gasteiger partial charge on any atom is -0.465 e. The third-order valence-corrected chi connectivity index (χ3v) is 4.67. The molecule has 0 aliphatic carbocycles. The summed E-state index contributed by atoms with van der Waals surface area (Å²) in [6, 6.07) is 11.5. The van der Waals surface area contributed by atoms with E-state index in [-0.39, 0.29) is 21.7 Å². The monoisotopic (exact) mass is 385 g/mol. The second kappa shape index (κ2) is 7.37. The van der Waals surface area contributed by atoms with E-state index in [1.807, 2.05) is 25.1 Å². The van der Waals surface area contributed by atoms with Gasteiger partial charge in [0.05, 0.1) is 23.3 Å². The fraction of sp³-hybridized carbons (Fsp3) is 0.143. The summed E-state index contributed by atoms with van der Waals surface area (Å²) in [6.45, 7) is 3.55. The quantitative estimate of drug-likeness (QED) is 0.570. The summed E-state index contributed by atoms with van der Waals surface area (Å²) in [4.78, 5) is 26.9. The van der Waals surface area contributed by atoms with Gasteiger partial charge in [-0.25, -0.2) is 9.18 Å². The highest BCUT2D eigenvalue weighted by Crippen LogP contribution is 2.36. The number of hydrogen-bond acceptors (Lipinski definition) is 3. The normalized spacial score (nSPS) is 15.7. The van der Waals surface area contributed by atoms with Gasteiger partial charge >= 0.3 is 5.97 Å². The van der Waals surface area contributed by atoms with Gasteiger partial charge in [-0.3, -0.25) is 9.69 Å². The van der Waals surface area contributed by atoms with Crippen molar-refractivity contribution < 1.29 is 18.7 Å². The first-order valence-electron chi connectivity index (χ1n) is 8.21. The number of allylic oxidation sites excluding steroid dienone is 1. The minimum absolute atomic E-state index is 0.0351. The van der Waals surface area contributed by atoms with Crippen molar-refractivity contribution in [3.8, 4) is 0 Å². The van der Waals surface area contributed by atoms with Gasteiger partial charge in [-0.1, -0.05) is 29.8 Å². The summed E-state index contributed by atoms with van der Waals surface area (Å²) in [5, 5.41) is 0.145. The fourth-order valence-electron chi connectivity index (χ4n) is 3.05. The van der Waals surface area contributed by atoms with Crippen LogP contribution in [0.1, 0.15) is 18.1 Å². The molecule has 138 valence electrons. The molecule has 0 saturated carbocycles. The van der Waals surface area contributed by atoms with Gasteiger partial charge < -0.3 is 4.74 Å². The lowest BCUT2D eigenvalue weighted by molar-refractivity contribution is -0.136. The molecule has 0 saturated heterocycles. The average Bonchev–Trinajstić information content (AvgIpc) is 2.87. The van der Waals surface area contributed by atoms with Crippen molar-refractivity contribution in [2.45, 2.75) is 13.8 Å². The first-order valence-corrected chi connectivity index (χ1v) is 8.59. The molecule has 4 nitrogen and oxygen atoms in total. The molecule has 27 heavy (non-hydrogen) atoms. The van der Waals surface area contributed by atoms with E-state index >= 15 is 0 Å². The number of rotatable bonds is 3. The SMILES string of the molecule is COC(=O)C1=C(C)N(c2cccc(C)c2)C(=O)/C1=C/c1c(F)cccc1Cl. The molecular formula is C21H17ClFNO3. The Morgan fingerprint density at radius 2 is 1.89 bits per heavy atom. The highest BCUT2D eigenvalue weighted by Gasteiger charge is 2.38. The first-order chi connectivity index (χ1) is 12.8. The Bertz CT molecular complexity index is 990. The number of carbonyl (C=O) groups excluding carboxylic acids is 2. The summed E-state index contributed by atoms with van der Waals surface area (Å²) in [7, 11) is 1.23. The molecule has 1 heterocycles. The second-order valence-corrected chi connectivity index (χ2v) is 6.53. The van der Waals surface area contributed by atoms with Crippen LogP contribution in [0.25, 0.3) is 6.08 Å². The molecule has 2 aromatic carbocycles. The van der Waals surface area contributed by atoms with Crippen LogP contribution in [0.2, 0.25) is 5.02 Å². The molecule has 6 heteroatoms. The van der Waals surface area contributed by atoms with Crippen LogP contribution in [-0.2, 0) is 14.3 Å². The molecule has 0 fully saturated rings. The van der Waals surface area contributed by atoms with Crippen molar-refractivity contribution in [3.63, 3.8) is 0 Å². The smallest absolute Gasteiger partial charge is 0.340 e. The molecule has 2 aromatic rings. The highest BCUT2D eigenvalue weighted by molar-refractivity contribution is 6.32. The Kier molecular flexibility index (Phi) is 5.15. The average molecular weight is 386 g/mol. The van der Waals surface area contributed by atoms with Gasteiger partial charge in [0, 0.05) is 16.9 Å². The summed E-state index contributed by atoms with van der Waals surface area (Å²) >= 11 is 6.09. The molecule has 0 unspecified atom stereocenters. The van der Waals surface area contributed by atoms with E-state index in [2.05, 4.69) is 0 Å². The zero-order valence-corrected chi connectivity index (χ0v) is 15.8. The van der Waals surface area contributed by atoms with Crippen LogP contribution in [0, 0.1) is 12.7 Å². The Morgan fingerprint density at radius 1 is 1.19 bits per heavy atom. The van der Waals surface area contributed by atoms with E-state index in [4.69, 9.17) is 16.3 Å². The first kappa shape index (κ1) is 18.9. The number of anilines is 1. The number of hydrogen-bond donors (Lipinski definition) is 0. The minimum atomic E-state index is -0.672. The summed E-state index contributed by atoms with van der Waals surface area (Å²) in [6.07, 6.45) is 1.30. The van der Waals surface area contributed by atoms with Crippen molar-refractivity contribution >= 4 is 35.2 Å². The fourth-order valence-corrected chi connectivity index (χ4v) is 3.27. The zero-order chi connectivity index (χ0) is 19.7. The van der Waals surface area contributed by atoms with E-state index in [9.17, 15) is 14.0 Å². The number of nitrogens with zero attached hydrogens (tertiary/aromatic N) is 1. The van der Waals surface area contributed by atoms with Crippen molar-refractivity contribution in [1.29, 1.82) is 0 Å². The van der Waals surface area contributed by atoms with Crippen LogP contribution in [-0.4, -0.2) is 19.0 Å². The van der Waals surface area contributed by atoms with Crippen molar-refractivity contribution in [2.24, 2.45) is 0 Å². The Balaban J connectivity index is 2.21. The van der Waals surface area contributed by atoms with Gasteiger partial charge in [-0.2, -0.15) is 0 Å². The maximum atomic E-state index is 14.2. The van der Waals surface area contributed by atoms with Crippen molar-refractivity contribution in [1.82, 2.24) is 0 Å². The summed E-state index contributed by atoms with van der Waals surface area (Å²) in [5.74, 6) is -1.70. The number of carbonyl (C=O) groups is 2. The van der Waals surface area contributed by atoms with E-state index in [1.165, 1.54) is 36.3 Å². The molecule has 0 spiro atoms. The van der Waals surface area contributed by atoms with Gasteiger partial charge in [0.15, 0.2) is 0 Å². The maximum Gasteiger partial charge on any atom is 0.340 e. The third kappa shape index (κ3) is 3.38. The molecule has 0 N–H and O–H groups in total. The number of aryl methyl sites for hydroxylation is 1. The Labute approximate surface area is 161 Å². The van der Waals surface area contributed by atoms with Crippen LogP contribution in [0.15, 0.2) is 59.3 Å². The van der Waals surface area contributed by atoms with Gasteiger partial charge in [0.1, 0.15) is 5.82 Å². The van der Waals surface area contributed by atoms with Crippen LogP contribution >= 0.6 is 11.6 Å². The van der Waals surface area contributed by atoms with E-state index in [0.29, 0.717) is 11.4 Å². The Morgan fingerprint density at radius 3 is 2.52 bits per heavy atom. The van der Waals surface area contributed by atoms with Crippen molar-refractivity contribution in [2.75, 3.05) is 12.0 Å². The molecule has 0 bridgehead atoms. The molecule has 1 amide bonds. The van der Waals surface area contributed by atoms with Crippen LogP contribution in [0.5, 0.6) is 0 Å². The number of benzene rings is 2. The highest BCUT2D eigenvalue weighted by atomic mass is 35.5. The molecule has 1 aliphatic heterocycles. The van der Waals surface area contributed by atoms with Crippen LogP contribution < -0.4 is 4.90 Å². The second-order valence-electron chi connectivity index (χ2n) is 6.12. The lowest BCUT2D eigenvalue weighted by Gasteiger charge is -2.18. The lowest BCUT2D eigenvalue weighted by atomic mass is 10.0. The lowest BCUT2D eigenvalue weighted by Crippen LogP contribution is -2.24. The summed E-state index contributed by atoms with van der Waals surface area (Å²) in [5.41, 5.74) is 2.15. The third-order valence-electron chi connectivity index (χ3n) is 4.34. The van der Waals surface area contributed by atoms with E-state index in [0.717, 1.165) is 5.56 Å². The van der Waals surface area contributed by atoms with E-state index < -0.39 is 17.7 Å². The standard InChI is InChI=1S/C21H17ClFNO3/c1-12-6-4-7-14(10-12)24-13(2)19(21(26)27-3)16(20(24)25)11-15-17(22)8-5-9-18(15)23/h4-11H,1-3H3/b16-11+. The number of amides is 1. The number of ether oxygens (including phenoxy) is 1. The zero-order valence-electron chi connectivity index (χ0n) is 15.0. The Hall–Kier alpha value is -2.92. The van der Waals surface area contributed by atoms with Gasteiger partial charge in [-0.15, -0.1) is 0 Å². The van der Waals surface area contributed by atoms with Gasteiger partial charge in [0.2, 0.25) is 0 Å². The van der Waals surface area contributed by atoms with Crippen molar-refractivity contribution in [3.05, 3.63) is 81.3 Å². The molecular weight excluding hydrogens is 369 g/mol. The van der Waals surface area contributed by atoms with Crippen LogP contribution in [0.4, 0.5) is 10.1 Å².